The molecule has 0 bridgehead atoms. The van der Waals surface area contributed by atoms with Crippen LogP contribution >= 0.6 is 11.6 Å². The Balaban J connectivity index is 3.33. The Labute approximate surface area is 127 Å². The second-order valence-electron chi connectivity index (χ2n) is 5.68. The molecule has 114 valence electrons. The first-order chi connectivity index (χ1) is 9.07. The van der Waals surface area contributed by atoms with E-state index in [1.807, 2.05) is 27.7 Å². The molecule has 0 aliphatic carbocycles. The lowest BCUT2D eigenvalue weighted by atomic mass is 10.2. The van der Waals surface area contributed by atoms with Gasteiger partial charge in [0.25, 0.3) is 0 Å². The van der Waals surface area contributed by atoms with Crippen LogP contribution in [0.1, 0.15) is 33.3 Å². The van der Waals surface area contributed by atoms with Crippen LogP contribution in [0.4, 0.5) is 5.69 Å². The highest BCUT2D eigenvalue weighted by atomic mass is 35.5. The molecule has 0 unspecified atom stereocenters. The molecule has 0 atom stereocenters. The number of nitrogens with two attached hydrogens (primary N) is 1. The van der Waals surface area contributed by atoms with Crippen molar-refractivity contribution in [2.24, 2.45) is 5.92 Å². The van der Waals surface area contributed by atoms with Gasteiger partial charge >= 0.3 is 0 Å². The molecule has 0 heterocycles. The van der Waals surface area contributed by atoms with Crippen LogP contribution in [0.3, 0.4) is 0 Å². The number of sulfonamides is 1. The molecule has 0 saturated heterocycles. The van der Waals surface area contributed by atoms with Crippen LogP contribution in [0.2, 0.25) is 5.02 Å². The summed E-state index contributed by atoms with van der Waals surface area (Å²) in [5.41, 5.74) is 6.92. The fourth-order valence-corrected chi connectivity index (χ4v) is 4.06. The van der Waals surface area contributed by atoms with Gasteiger partial charge in [0.15, 0.2) is 0 Å². The number of hydrogen-bond donors (Lipinski definition) is 1. The average molecular weight is 319 g/mol. The normalized spacial score (nSPS) is 12.7. The highest BCUT2D eigenvalue weighted by Gasteiger charge is 2.28. The van der Waals surface area contributed by atoms with Crippen LogP contribution in [-0.2, 0) is 10.0 Å². The molecule has 4 nitrogen and oxygen atoms in total. The predicted molar refractivity (Wildman–Crippen MR) is 84.5 cm³/mol. The molecule has 0 amide bonds. The largest absolute Gasteiger partial charge is 0.398 e. The third-order valence-electron chi connectivity index (χ3n) is 3.09. The van der Waals surface area contributed by atoms with Gasteiger partial charge < -0.3 is 5.73 Å². The van der Waals surface area contributed by atoms with Crippen LogP contribution in [0.5, 0.6) is 0 Å². The average Bonchev–Trinajstić information content (AvgIpc) is 2.31. The summed E-state index contributed by atoms with van der Waals surface area (Å²) in [6.45, 7) is 9.93. The van der Waals surface area contributed by atoms with E-state index in [1.165, 1.54) is 16.4 Å². The van der Waals surface area contributed by atoms with Gasteiger partial charge in [0.1, 0.15) is 0 Å². The minimum absolute atomic E-state index is 0.122. The number of hydrogen-bond acceptors (Lipinski definition) is 3. The molecule has 0 saturated carbocycles. The zero-order valence-electron chi connectivity index (χ0n) is 12.6. The quantitative estimate of drug-likeness (QED) is 0.847. The fraction of sp³-hybridized carbons (Fsp3) is 0.571. The number of rotatable bonds is 5. The maximum absolute atomic E-state index is 12.7. The summed E-state index contributed by atoms with van der Waals surface area (Å²) >= 11 is 6.05. The predicted octanol–water partition coefficient (Wildman–Crippen LogP) is 3.29. The van der Waals surface area contributed by atoms with Gasteiger partial charge in [-0.1, -0.05) is 25.4 Å². The van der Waals surface area contributed by atoms with Crippen molar-refractivity contribution in [3.8, 4) is 0 Å². The Morgan fingerprint density at radius 3 is 2.20 bits per heavy atom. The van der Waals surface area contributed by atoms with Crippen LogP contribution in [0, 0.1) is 12.8 Å². The van der Waals surface area contributed by atoms with Crippen molar-refractivity contribution in [2.45, 2.75) is 45.6 Å². The number of nitrogens with zero attached hydrogens (tertiary/aromatic N) is 1. The van der Waals surface area contributed by atoms with Crippen molar-refractivity contribution in [3.05, 3.63) is 22.7 Å². The van der Waals surface area contributed by atoms with E-state index >= 15 is 0 Å². The molecule has 1 rings (SSSR count). The van der Waals surface area contributed by atoms with Crippen LogP contribution in [0.15, 0.2) is 17.0 Å². The number of nitrogen functional groups attached to an aromatic ring is 1. The second kappa shape index (κ2) is 6.33. The molecule has 1 aromatic rings. The lowest BCUT2D eigenvalue weighted by molar-refractivity contribution is 0.319. The van der Waals surface area contributed by atoms with Crippen molar-refractivity contribution >= 4 is 27.3 Å². The van der Waals surface area contributed by atoms with E-state index < -0.39 is 10.0 Å². The van der Waals surface area contributed by atoms with Crippen LogP contribution < -0.4 is 5.73 Å². The van der Waals surface area contributed by atoms with Crippen molar-refractivity contribution in [2.75, 3.05) is 12.3 Å². The standard InChI is InChI=1S/C14H23ClN2O2S/c1-9(2)8-17(10(3)4)20(18,19)12-6-13(15)11(5)14(16)7-12/h6-7,9-10H,8,16H2,1-5H3. The minimum atomic E-state index is -3.59. The SMILES string of the molecule is Cc1c(N)cc(S(=O)(=O)N(CC(C)C)C(C)C)cc1Cl. The Kier molecular flexibility index (Phi) is 5.46. The van der Waals surface area contributed by atoms with E-state index in [4.69, 9.17) is 17.3 Å². The molecule has 0 spiro atoms. The second-order valence-corrected chi connectivity index (χ2v) is 7.98. The molecular formula is C14H23ClN2O2S. The van der Waals surface area contributed by atoms with Crippen molar-refractivity contribution < 1.29 is 8.42 Å². The number of halogens is 1. The Morgan fingerprint density at radius 1 is 1.25 bits per heavy atom. The lowest BCUT2D eigenvalue weighted by Crippen LogP contribution is -2.39. The first-order valence-electron chi connectivity index (χ1n) is 6.64. The van der Waals surface area contributed by atoms with Gasteiger partial charge in [-0.3, -0.25) is 0 Å². The topological polar surface area (TPSA) is 63.4 Å². The van der Waals surface area contributed by atoms with Crippen molar-refractivity contribution in [1.82, 2.24) is 4.31 Å². The van der Waals surface area contributed by atoms with Gasteiger partial charge in [-0.05, 0) is 44.4 Å². The molecular weight excluding hydrogens is 296 g/mol. The van der Waals surface area contributed by atoms with E-state index in [2.05, 4.69) is 0 Å². The zero-order chi connectivity index (χ0) is 15.7. The molecule has 2 N–H and O–H groups in total. The summed E-state index contributed by atoms with van der Waals surface area (Å²) in [5.74, 6) is 0.241. The zero-order valence-corrected chi connectivity index (χ0v) is 14.2. The smallest absolute Gasteiger partial charge is 0.243 e. The summed E-state index contributed by atoms with van der Waals surface area (Å²) in [5, 5.41) is 0.372. The first kappa shape index (κ1) is 17.3. The third kappa shape index (κ3) is 3.65. The van der Waals surface area contributed by atoms with Gasteiger partial charge in [-0.2, -0.15) is 4.31 Å². The van der Waals surface area contributed by atoms with E-state index in [-0.39, 0.29) is 16.9 Å². The third-order valence-corrected chi connectivity index (χ3v) is 5.50. The molecule has 20 heavy (non-hydrogen) atoms. The highest BCUT2D eigenvalue weighted by Crippen LogP contribution is 2.28. The fourth-order valence-electron chi connectivity index (χ4n) is 1.90. The van der Waals surface area contributed by atoms with Crippen molar-refractivity contribution in [1.29, 1.82) is 0 Å². The van der Waals surface area contributed by atoms with E-state index in [9.17, 15) is 8.42 Å². The van der Waals surface area contributed by atoms with Gasteiger partial charge in [-0.15, -0.1) is 0 Å². The minimum Gasteiger partial charge on any atom is -0.398 e. The lowest BCUT2D eigenvalue weighted by Gasteiger charge is -2.27. The number of anilines is 1. The Bertz CT molecular complexity index is 560. The molecule has 1 aromatic carbocycles. The number of benzene rings is 1. The maximum Gasteiger partial charge on any atom is 0.243 e. The Morgan fingerprint density at radius 2 is 1.80 bits per heavy atom. The monoisotopic (exact) mass is 318 g/mol. The molecule has 0 aromatic heterocycles. The van der Waals surface area contributed by atoms with E-state index in [0.29, 0.717) is 22.8 Å². The summed E-state index contributed by atoms with van der Waals surface area (Å²) in [7, 11) is -3.59. The van der Waals surface area contributed by atoms with Crippen LogP contribution in [-0.4, -0.2) is 25.3 Å². The Hall–Kier alpha value is -0.780. The van der Waals surface area contributed by atoms with E-state index in [0.717, 1.165) is 0 Å². The van der Waals surface area contributed by atoms with Crippen LogP contribution in [0.25, 0.3) is 0 Å². The summed E-state index contributed by atoms with van der Waals surface area (Å²) in [4.78, 5) is 0.153. The molecule has 0 fully saturated rings. The molecule has 6 heteroatoms. The molecule has 0 aliphatic rings. The van der Waals surface area contributed by atoms with Gasteiger partial charge in [0.05, 0.1) is 4.90 Å². The van der Waals surface area contributed by atoms with Gasteiger partial charge in [0, 0.05) is 23.3 Å². The highest BCUT2D eigenvalue weighted by molar-refractivity contribution is 7.89. The first-order valence-corrected chi connectivity index (χ1v) is 8.46. The molecule has 0 radical (unpaired) electrons. The van der Waals surface area contributed by atoms with E-state index in [1.54, 1.807) is 6.92 Å². The maximum atomic E-state index is 12.7. The van der Waals surface area contributed by atoms with Gasteiger partial charge in [-0.25, -0.2) is 8.42 Å². The summed E-state index contributed by atoms with van der Waals surface area (Å²) in [6.07, 6.45) is 0. The summed E-state index contributed by atoms with van der Waals surface area (Å²) < 4.78 is 27.0. The summed E-state index contributed by atoms with van der Waals surface area (Å²) in [6, 6.07) is 2.83. The van der Waals surface area contributed by atoms with Gasteiger partial charge in [0.2, 0.25) is 10.0 Å². The van der Waals surface area contributed by atoms with Crippen molar-refractivity contribution in [3.63, 3.8) is 0 Å². The molecule has 0 aliphatic heterocycles.